The second-order valence-electron chi connectivity index (χ2n) is 9.43. The number of nitrogens with zero attached hydrogens (tertiary/aromatic N) is 1. The molecule has 5 nitrogen and oxygen atoms in total. The largest absolute Gasteiger partial charge is 0.484 e. The van der Waals surface area contributed by atoms with Crippen LogP contribution in [-0.4, -0.2) is 35.4 Å². The van der Waals surface area contributed by atoms with Crippen molar-refractivity contribution in [3.05, 3.63) is 63.7 Å². The molecule has 1 atom stereocenters. The van der Waals surface area contributed by atoms with Gasteiger partial charge in [0, 0.05) is 17.6 Å². The third-order valence-electron chi connectivity index (χ3n) is 6.58. The highest BCUT2D eigenvalue weighted by atomic mass is 35.5. The zero-order valence-electron chi connectivity index (χ0n) is 20.8. The molecule has 1 N–H and O–H groups in total. The molecule has 0 saturated heterocycles. The average Bonchev–Trinajstić information content (AvgIpc) is 2.82. The van der Waals surface area contributed by atoms with E-state index in [4.69, 9.17) is 16.3 Å². The number of carbonyl (C=O) groups excluding carboxylic acids is 2. The molecule has 2 amide bonds. The molecule has 0 aromatic heterocycles. The third-order valence-corrected chi connectivity index (χ3v) is 7.18. The topological polar surface area (TPSA) is 58.6 Å². The van der Waals surface area contributed by atoms with E-state index in [1.807, 2.05) is 64.1 Å². The fourth-order valence-electron chi connectivity index (χ4n) is 4.57. The minimum absolute atomic E-state index is 0.0759. The lowest BCUT2D eigenvalue weighted by Crippen LogP contribution is -2.52. The summed E-state index contributed by atoms with van der Waals surface area (Å²) in [6.45, 7) is 8.03. The number of benzene rings is 2. The van der Waals surface area contributed by atoms with Crippen molar-refractivity contribution in [2.24, 2.45) is 0 Å². The number of ether oxygens (including phenoxy) is 1. The van der Waals surface area contributed by atoms with Gasteiger partial charge in [-0.3, -0.25) is 9.59 Å². The number of carbonyl (C=O) groups is 2. The second-order valence-corrected chi connectivity index (χ2v) is 9.81. The van der Waals surface area contributed by atoms with Gasteiger partial charge in [0.2, 0.25) is 5.91 Å². The molecule has 1 aliphatic carbocycles. The minimum atomic E-state index is -0.548. The number of nitrogens with one attached hydrogen (secondary N) is 1. The van der Waals surface area contributed by atoms with Gasteiger partial charge in [0.25, 0.3) is 5.91 Å². The van der Waals surface area contributed by atoms with E-state index in [9.17, 15) is 9.59 Å². The molecule has 3 rings (SSSR count). The van der Waals surface area contributed by atoms with Crippen LogP contribution in [0.3, 0.4) is 0 Å². The first-order valence-corrected chi connectivity index (χ1v) is 12.7. The first kappa shape index (κ1) is 26.1. The summed E-state index contributed by atoms with van der Waals surface area (Å²) in [6.07, 6.45) is 6.06. The molecular formula is C28H37ClN2O3. The Morgan fingerprint density at radius 3 is 2.26 bits per heavy atom. The zero-order valence-corrected chi connectivity index (χ0v) is 21.6. The van der Waals surface area contributed by atoms with Gasteiger partial charge in [-0.2, -0.15) is 0 Å². The molecule has 2 aromatic carbocycles. The van der Waals surface area contributed by atoms with Crippen molar-refractivity contribution in [3.8, 4) is 5.75 Å². The molecule has 1 aliphatic rings. The first-order valence-electron chi connectivity index (χ1n) is 12.3. The van der Waals surface area contributed by atoms with E-state index in [-0.39, 0.29) is 24.5 Å². The summed E-state index contributed by atoms with van der Waals surface area (Å²) in [4.78, 5) is 28.4. The maximum atomic E-state index is 13.4. The number of aryl methyl sites for hydroxylation is 3. The van der Waals surface area contributed by atoms with E-state index in [1.165, 1.54) is 6.42 Å². The van der Waals surface area contributed by atoms with Crippen molar-refractivity contribution in [1.82, 2.24) is 10.2 Å². The van der Waals surface area contributed by atoms with Crippen molar-refractivity contribution in [1.29, 1.82) is 0 Å². The van der Waals surface area contributed by atoms with Crippen LogP contribution >= 0.6 is 11.6 Å². The molecule has 6 heteroatoms. The molecule has 0 spiro atoms. The fraction of sp³-hybridized carbons (Fsp3) is 0.500. The normalized spacial score (nSPS) is 15.0. The van der Waals surface area contributed by atoms with Gasteiger partial charge < -0.3 is 15.0 Å². The van der Waals surface area contributed by atoms with Crippen molar-refractivity contribution in [3.63, 3.8) is 0 Å². The Hall–Kier alpha value is -2.53. The smallest absolute Gasteiger partial charge is 0.261 e. The molecule has 1 saturated carbocycles. The molecule has 184 valence electrons. The molecule has 0 radical (unpaired) electrons. The van der Waals surface area contributed by atoms with Gasteiger partial charge in [0.1, 0.15) is 11.8 Å². The van der Waals surface area contributed by atoms with Crippen LogP contribution in [0.2, 0.25) is 5.02 Å². The molecule has 0 aliphatic heterocycles. The van der Waals surface area contributed by atoms with E-state index in [1.54, 1.807) is 4.90 Å². The Bertz CT molecular complexity index is 961. The summed E-state index contributed by atoms with van der Waals surface area (Å²) in [5.74, 6) is 0.312. The highest BCUT2D eigenvalue weighted by Crippen LogP contribution is 2.26. The zero-order chi connectivity index (χ0) is 24.7. The maximum Gasteiger partial charge on any atom is 0.261 e. The monoisotopic (exact) mass is 484 g/mol. The summed E-state index contributed by atoms with van der Waals surface area (Å²) < 4.78 is 5.87. The van der Waals surface area contributed by atoms with Crippen molar-refractivity contribution in [2.75, 3.05) is 6.61 Å². The molecule has 0 bridgehead atoms. The van der Waals surface area contributed by atoms with Gasteiger partial charge in [0.15, 0.2) is 6.61 Å². The Labute approximate surface area is 208 Å². The Kier molecular flexibility index (Phi) is 9.40. The number of amides is 2. The second kappa shape index (κ2) is 12.3. The first-order chi connectivity index (χ1) is 16.3. The summed E-state index contributed by atoms with van der Waals surface area (Å²) in [5, 5.41) is 3.91. The summed E-state index contributed by atoms with van der Waals surface area (Å²) in [6, 6.07) is 11.4. The lowest BCUT2D eigenvalue weighted by molar-refractivity contribution is -0.143. The highest BCUT2D eigenvalue weighted by Gasteiger charge is 2.30. The summed E-state index contributed by atoms with van der Waals surface area (Å²) in [5.41, 5.74) is 3.94. The van der Waals surface area contributed by atoms with Crippen LogP contribution in [0.15, 0.2) is 36.4 Å². The number of halogens is 1. The summed E-state index contributed by atoms with van der Waals surface area (Å²) in [7, 11) is 0. The predicted octanol–water partition coefficient (Wildman–Crippen LogP) is 5.90. The van der Waals surface area contributed by atoms with Crippen LogP contribution in [0.1, 0.15) is 67.7 Å². The van der Waals surface area contributed by atoms with E-state index in [2.05, 4.69) is 5.32 Å². The standard InChI is InChI=1S/C28H37ClN2O3/c1-5-25(28(33)30-23-9-7-6-8-10-23)31(17-22-13-11-19(2)12-14-22)26(32)18-34-24-15-20(3)27(29)21(4)16-24/h11-16,23,25H,5-10,17-18H2,1-4H3,(H,30,33). The van der Waals surface area contributed by atoms with E-state index >= 15 is 0 Å². The Balaban J connectivity index is 1.77. The quantitative estimate of drug-likeness (QED) is 0.482. The van der Waals surface area contributed by atoms with Gasteiger partial charge in [-0.15, -0.1) is 0 Å². The summed E-state index contributed by atoms with van der Waals surface area (Å²) >= 11 is 6.26. The van der Waals surface area contributed by atoms with Crippen LogP contribution in [0.4, 0.5) is 0 Å². The maximum absolute atomic E-state index is 13.4. The van der Waals surface area contributed by atoms with Crippen LogP contribution < -0.4 is 10.1 Å². The Morgan fingerprint density at radius 1 is 1.06 bits per heavy atom. The van der Waals surface area contributed by atoms with Crippen molar-refractivity contribution >= 4 is 23.4 Å². The molecule has 0 heterocycles. The van der Waals surface area contributed by atoms with Crippen LogP contribution in [0.25, 0.3) is 0 Å². The van der Waals surface area contributed by atoms with E-state index in [0.29, 0.717) is 23.7 Å². The molecule has 34 heavy (non-hydrogen) atoms. The van der Waals surface area contributed by atoms with Crippen LogP contribution in [0, 0.1) is 20.8 Å². The van der Waals surface area contributed by atoms with Crippen LogP contribution in [-0.2, 0) is 16.1 Å². The SMILES string of the molecule is CCC(C(=O)NC1CCCCC1)N(Cc1ccc(C)cc1)C(=O)COc1cc(C)c(Cl)c(C)c1. The molecular weight excluding hydrogens is 448 g/mol. The number of hydrogen-bond donors (Lipinski definition) is 1. The fourth-order valence-corrected chi connectivity index (χ4v) is 4.68. The number of hydrogen-bond acceptors (Lipinski definition) is 3. The van der Waals surface area contributed by atoms with Crippen LogP contribution in [0.5, 0.6) is 5.75 Å². The predicted molar refractivity (Wildman–Crippen MR) is 137 cm³/mol. The lowest BCUT2D eigenvalue weighted by atomic mass is 9.95. The van der Waals surface area contributed by atoms with Gasteiger partial charge in [-0.05, 0) is 68.9 Å². The minimum Gasteiger partial charge on any atom is -0.484 e. The van der Waals surface area contributed by atoms with Crippen molar-refractivity contribution in [2.45, 2.75) is 84.8 Å². The highest BCUT2D eigenvalue weighted by molar-refractivity contribution is 6.32. The van der Waals surface area contributed by atoms with Gasteiger partial charge in [-0.25, -0.2) is 0 Å². The molecule has 2 aromatic rings. The van der Waals surface area contributed by atoms with Gasteiger partial charge in [0.05, 0.1) is 0 Å². The van der Waals surface area contributed by atoms with E-state index in [0.717, 1.165) is 47.9 Å². The average molecular weight is 485 g/mol. The molecule has 1 fully saturated rings. The van der Waals surface area contributed by atoms with E-state index < -0.39 is 6.04 Å². The number of rotatable bonds is 9. The Morgan fingerprint density at radius 2 is 1.68 bits per heavy atom. The third kappa shape index (κ3) is 6.99. The molecule has 1 unspecified atom stereocenters. The lowest BCUT2D eigenvalue weighted by Gasteiger charge is -2.32. The van der Waals surface area contributed by atoms with Gasteiger partial charge in [-0.1, -0.05) is 67.6 Å². The van der Waals surface area contributed by atoms with Crippen molar-refractivity contribution < 1.29 is 14.3 Å². The van der Waals surface area contributed by atoms with Gasteiger partial charge >= 0.3 is 0 Å².